The topological polar surface area (TPSA) is 69.2 Å². The molecule has 1 saturated heterocycles. The molecule has 1 aliphatic heterocycles. The summed E-state index contributed by atoms with van der Waals surface area (Å²) in [6.45, 7) is 4.44. The van der Waals surface area contributed by atoms with E-state index in [-0.39, 0.29) is 42.1 Å². The fourth-order valence-corrected chi connectivity index (χ4v) is 3.65. The van der Waals surface area contributed by atoms with Crippen molar-refractivity contribution >= 4 is 41.5 Å². The van der Waals surface area contributed by atoms with E-state index in [2.05, 4.69) is 31.5 Å². The van der Waals surface area contributed by atoms with E-state index in [1.54, 1.807) is 26.3 Å². The Morgan fingerprint density at radius 1 is 1.06 bits per heavy atom. The third kappa shape index (κ3) is 7.25. The van der Waals surface area contributed by atoms with Crippen LogP contribution in [0.25, 0.3) is 0 Å². The Bertz CT molecular complexity index is 903. The number of nitrogens with zero attached hydrogens (tertiary/aromatic N) is 3. The summed E-state index contributed by atoms with van der Waals surface area (Å²) in [5.41, 5.74) is 1.77. The molecule has 0 bridgehead atoms. The summed E-state index contributed by atoms with van der Waals surface area (Å²) in [6.07, 6.45) is 0.164. The molecule has 9 heteroatoms. The zero-order valence-electron chi connectivity index (χ0n) is 18.5. The van der Waals surface area contributed by atoms with E-state index >= 15 is 0 Å². The number of hydrogen-bond acceptors (Lipinski definition) is 4. The summed E-state index contributed by atoms with van der Waals surface area (Å²) in [5, 5.41) is 6.16. The third-order valence-electron chi connectivity index (χ3n) is 5.20. The van der Waals surface area contributed by atoms with Gasteiger partial charge in [0.15, 0.2) is 5.96 Å². The number of methoxy groups -OCH3 is 1. The molecule has 0 atom stereocenters. The van der Waals surface area contributed by atoms with Crippen LogP contribution in [0, 0.1) is 5.82 Å². The van der Waals surface area contributed by atoms with Crippen molar-refractivity contribution in [1.82, 2.24) is 15.5 Å². The van der Waals surface area contributed by atoms with Crippen molar-refractivity contribution in [3.05, 3.63) is 59.9 Å². The molecule has 2 aromatic carbocycles. The number of carbonyl (C=O) groups is 1. The highest BCUT2D eigenvalue weighted by atomic mass is 127. The van der Waals surface area contributed by atoms with E-state index in [0.717, 1.165) is 43.6 Å². The van der Waals surface area contributed by atoms with Gasteiger partial charge in [-0.3, -0.25) is 9.79 Å². The molecule has 0 saturated carbocycles. The van der Waals surface area contributed by atoms with Gasteiger partial charge in [-0.2, -0.15) is 0 Å². The average molecular weight is 555 g/mol. The number of carbonyl (C=O) groups excluding carboxylic acids is 1. The predicted octanol–water partition coefficient (Wildman–Crippen LogP) is 2.51. The number of halogens is 2. The number of aliphatic imine (C=N–C) groups is 1. The Kier molecular flexibility index (Phi) is 10.5. The molecule has 7 nitrogen and oxygen atoms in total. The van der Waals surface area contributed by atoms with Crippen molar-refractivity contribution in [2.45, 2.75) is 6.42 Å². The summed E-state index contributed by atoms with van der Waals surface area (Å²) in [7, 11) is 3.45. The maximum absolute atomic E-state index is 13.2. The lowest BCUT2D eigenvalue weighted by Gasteiger charge is -2.38. The number of hydrogen-bond donors (Lipinski definition) is 2. The van der Waals surface area contributed by atoms with Crippen molar-refractivity contribution in [3.63, 3.8) is 0 Å². The fraction of sp³-hybridized carbons (Fsp3) is 0.391. The second-order valence-corrected chi connectivity index (χ2v) is 7.28. The third-order valence-corrected chi connectivity index (χ3v) is 5.20. The van der Waals surface area contributed by atoms with Gasteiger partial charge in [0, 0.05) is 46.3 Å². The molecular formula is C23H31FIN5O2. The molecular weight excluding hydrogens is 524 g/mol. The standard InChI is InChI=1S/C23H30FN5O2.HI/c1-25-23(27-11-10-26-22(30)17-18-6-5-7-19(24)16-18)29-14-12-28(13-15-29)20-8-3-4-9-21(20)31-2;/h3-9,16H,10-15,17H2,1-2H3,(H,25,27)(H,26,30);1H. The van der Waals surface area contributed by atoms with E-state index < -0.39 is 0 Å². The first kappa shape index (κ1) is 25.7. The summed E-state index contributed by atoms with van der Waals surface area (Å²) < 4.78 is 18.7. The van der Waals surface area contributed by atoms with Gasteiger partial charge in [-0.05, 0) is 29.8 Å². The highest BCUT2D eigenvalue weighted by Gasteiger charge is 2.21. The second-order valence-electron chi connectivity index (χ2n) is 7.28. The highest BCUT2D eigenvalue weighted by molar-refractivity contribution is 14.0. The molecule has 0 radical (unpaired) electrons. The van der Waals surface area contributed by atoms with Crippen LogP contribution < -0.4 is 20.3 Å². The van der Waals surface area contributed by atoms with E-state index in [1.165, 1.54) is 12.1 Å². The zero-order valence-corrected chi connectivity index (χ0v) is 20.8. The molecule has 2 N–H and O–H groups in total. The summed E-state index contributed by atoms with van der Waals surface area (Å²) >= 11 is 0. The lowest BCUT2D eigenvalue weighted by molar-refractivity contribution is -0.120. The summed E-state index contributed by atoms with van der Waals surface area (Å²) in [4.78, 5) is 20.9. The van der Waals surface area contributed by atoms with Crippen LogP contribution in [-0.2, 0) is 11.2 Å². The van der Waals surface area contributed by atoms with Crippen LogP contribution in [0.1, 0.15) is 5.56 Å². The number of benzene rings is 2. The minimum atomic E-state index is -0.332. The Hall–Kier alpha value is -2.56. The summed E-state index contributed by atoms with van der Waals surface area (Å²) in [5.74, 6) is 1.24. The van der Waals surface area contributed by atoms with Crippen molar-refractivity contribution in [3.8, 4) is 5.75 Å². The highest BCUT2D eigenvalue weighted by Crippen LogP contribution is 2.28. The maximum atomic E-state index is 13.2. The van der Waals surface area contributed by atoms with Crippen LogP contribution >= 0.6 is 24.0 Å². The Morgan fingerprint density at radius 3 is 2.47 bits per heavy atom. The van der Waals surface area contributed by atoms with Gasteiger partial charge in [-0.15, -0.1) is 24.0 Å². The number of anilines is 1. The second kappa shape index (κ2) is 13.1. The van der Waals surface area contributed by atoms with Crippen LogP contribution in [-0.4, -0.2) is 70.2 Å². The normalized spacial score (nSPS) is 13.9. The number of piperazine rings is 1. The molecule has 32 heavy (non-hydrogen) atoms. The summed E-state index contributed by atoms with van der Waals surface area (Å²) in [6, 6.07) is 14.1. The molecule has 174 valence electrons. The van der Waals surface area contributed by atoms with Crippen LogP contribution in [0.2, 0.25) is 0 Å². The quantitative estimate of drug-likeness (QED) is 0.238. The molecule has 0 aliphatic carbocycles. The van der Waals surface area contributed by atoms with Crippen LogP contribution in [0.4, 0.5) is 10.1 Å². The Morgan fingerprint density at radius 2 is 1.78 bits per heavy atom. The minimum absolute atomic E-state index is 0. The molecule has 1 fully saturated rings. The molecule has 0 unspecified atom stereocenters. The van der Waals surface area contributed by atoms with Gasteiger partial charge in [0.25, 0.3) is 0 Å². The van der Waals surface area contributed by atoms with Crippen molar-refractivity contribution in [2.24, 2.45) is 4.99 Å². The fourth-order valence-electron chi connectivity index (χ4n) is 3.65. The number of guanidine groups is 1. The smallest absolute Gasteiger partial charge is 0.224 e. The lowest BCUT2D eigenvalue weighted by Crippen LogP contribution is -2.53. The molecule has 2 aromatic rings. The number of ether oxygens (including phenoxy) is 1. The monoisotopic (exact) mass is 555 g/mol. The first-order chi connectivity index (χ1) is 15.1. The van der Waals surface area contributed by atoms with Gasteiger partial charge in [0.2, 0.25) is 5.91 Å². The molecule has 0 aromatic heterocycles. The zero-order chi connectivity index (χ0) is 22.1. The van der Waals surface area contributed by atoms with E-state index in [1.807, 2.05) is 18.2 Å². The van der Waals surface area contributed by atoms with Crippen LogP contribution in [0.5, 0.6) is 5.75 Å². The van der Waals surface area contributed by atoms with E-state index in [9.17, 15) is 9.18 Å². The van der Waals surface area contributed by atoms with E-state index in [4.69, 9.17) is 4.74 Å². The molecule has 1 amide bonds. The Balaban J connectivity index is 0.00000363. The molecule has 0 spiro atoms. The first-order valence-corrected chi connectivity index (χ1v) is 10.5. The minimum Gasteiger partial charge on any atom is -0.495 e. The molecule has 1 aliphatic rings. The van der Waals surface area contributed by atoms with Crippen molar-refractivity contribution in [2.75, 3.05) is 58.3 Å². The number of nitrogens with one attached hydrogen (secondary N) is 2. The van der Waals surface area contributed by atoms with Gasteiger partial charge >= 0.3 is 0 Å². The van der Waals surface area contributed by atoms with Gasteiger partial charge in [0.1, 0.15) is 11.6 Å². The predicted molar refractivity (Wildman–Crippen MR) is 137 cm³/mol. The first-order valence-electron chi connectivity index (χ1n) is 10.5. The maximum Gasteiger partial charge on any atom is 0.224 e. The number of rotatable bonds is 7. The molecule has 3 rings (SSSR count). The van der Waals surface area contributed by atoms with E-state index in [0.29, 0.717) is 18.7 Å². The Labute approximate surface area is 206 Å². The van der Waals surface area contributed by atoms with Crippen molar-refractivity contribution < 1.29 is 13.9 Å². The van der Waals surface area contributed by atoms with Crippen molar-refractivity contribution in [1.29, 1.82) is 0 Å². The largest absolute Gasteiger partial charge is 0.495 e. The molecule has 1 heterocycles. The van der Waals surface area contributed by atoms with Crippen LogP contribution in [0.3, 0.4) is 0 Å². The van der Waals surface area contributed by atoms with Gasteiger partial charge < -0.3 is 25.2 Å². The number of para-hydroxylation sites is 2. The number of amides is 1. The van der Waals surface area contributed by atoms with Gasteiger partial charge in [0.05, 0.1) is 19.2 Å². The average Bonchev–Trinajstić information content (AvgIpc) is 2.79. The lowest BCUT2D eigenvalue weighted by atomic mass is 10.1. The van der Waals surface area contributed by atoms with Gasteiger partial charge in [-0.1, -0.05) is 24.3 Å². The van der Waals surface area contributed by atoms with Gasteiger partial charge in [-0.25, -0.2) is 4.39 Å². The SMILES string of the molecule is CN=C(NCCNC(=O)Cc1cccc(F)c1)N1CCN(c2ccccc2OC)CC1.I. The van der Waals surface area contributed by atoms with Crippen LogP contribution in [0.15, 0.2) is 53.5 Å².